The fourth-order valence-electron chi connectivity index (χ4n) is 12.7. The number of carbonyl (C=O) groups is 3. The Morgan fingerprint density at radius 1 is 0.608 bits per heavy atom. The molecule has 9 fully saturated rings. The predicted molar refractivity (Wildman–Crippen MR) is 322 cm³/mol. The first kappa shape index (κ1) is 61.1. The highest BCUT2D eigenvalue weighted by Crippen LogP contribution is 2.53. The normalized spacial score (nSPS) is 29.1. The van der Waals surface area contributed by atoms with Gasteiger partial charge in [0.25, 0.3) is 0 Å². The molecule has 0 aromatic heterocycles. The number of hydrogen-bond donors (Lipinski definition) is 2. The standard InChI is InChI=1S/C24H36N2O2.C19H28N2.C19H25NO3.C5H11N.ClH/c1-18-9-8-14-25(18)16-24(12-13-24)17-26(22(27)28-23(2,3)4)21-15-20(21)19-10-6-5-7-11-19;1-15-6-5-11-21(15)14-19(9-10-19)13-20-18-12-17(18)16-7-3-2-4-8-16;1-18(2,3)23-17(22)20(12-19(13-21)9-10-19)16-11-15(16)14-7-5-4-6-8-14;1-5-3-2-4-6-5;/h5-7,10-11,18,20-21H,8-9,12-17H2,1-4H3;2-4,7-8,15,17-18,20H,5-6,9-14H2,1H3;4-8,13,15-16H,9-12H2,1-3H3;5-6H,2-4H2,1H3;1H/t18-,20-,21?;15-,17-,18?;15-,16?;5-;/m1111./s1. The van der Waals surface area contributed by atoms with E-state index >= 15 is 0 Å². The topological polar surface area (TPSA) is 107 Å². The van der Waals surface area contributed by atoms with Crippen molar-refractivity contribution in [3.8, 4) is 0 Å². The molecule has 6 aliphatic carbocycles. The molecule has 3 saturated heterocycles. The van der Waals surface area contributed by atoms with Gasteiger partial charge in [0, 0.05) is 97.6 Å². The summed E-state index contributed by atoms with van der Waals surface area (Å²) in [4.78, 5) is 46.3. The molecule has 3 heterocycles. The van der Waals surface area contributed by atoms with E-state index in [0.29, 0.717) is 29.8 Å². The lowest BCUT2D eigenvalue weighted by atomic mass is 10.0. The molecule has 79 heavy (non-hydrogen) atoms. The molecule has 9 atom stereocenters. The summed E-state index contributed by atoms with van der Waals surface area (Å²) >= 11 is 0. The monoisotopic (exact) mass is 1100 g/mol. The molecular formula is C67H101ClN6O5. The highest BCUT2D eigenvalue weighted by Gasteiger charge is 2.54. The smallest absolute Gasteiger partial charge is 0.410 e. The Kier molecular flexibility index (Phi) is 20.2. The van der Waals surface area contributed by atoms with Crippen molar-refractivity contribution >= 4 is 30.9 Å². The summed E-state index contributed by atoms with van der Waals surface area (Å²) in [5, 5.41) is 7.19. The number of likely N-dealkylation sites (tertiary alicyclic amines) is 2. The molecule has 436 valence electrons. The molecule has 3 aromatic rings. The Morgan fingerprint density at radius 2 is 1.05 bits per heavy atom. The first-order valence-corrected chi connectivity index (χ1v) is 30.8. The van der Waals surface area contributed by atoms with Crippen LogP contribution in [0.4, 0.5) is 9.59 Å². The third-order valence-electron chi connectivity index (χ3n) is 18.6. The average molecular weight is 1110 g/mol. The summed E-state index contributed by atoms with van der Waals surface area (Å²) in [6.45, 7) is 27.3. The highest BCUT2D eigenvalue weighted by molar-refractivity contribution is 5.85. The van der Waals surface area contributed by atoms with Crippen LogP contribution in [-0.4, -0.2) is 138 Å². The van der Waals surface area contributed by atoms with E-state index in [9.17, 15) is 14.4 Å². The minimum absolute atomic E-state index is 0. The van der Waals surface area contributed by atoms with Crippen LogP contribution < -0.4 is 10.6 Å². The van der Waals surface area contributed by atoms with E-state index in [4.69, 9.17) is 9.47 Å². The van der Waals surface area contributed by atoms with Gasteiger partial charge < -0.3 is 44.5 Å². The third kappa shape index (κ3) is 17.8. The van der Waals surface area contributed by atoms with Gasteiger partial charge in [-0.3, -0.25) is 0 Å². The molecule has 9 aliphatic rings. The number of amides is 2. The van der Waals surface area contributed by atoms with Gasteiger partial charge in [-0.2, -0.15) is 0 Å². The lowest BCUT2D eigenvalue weighted by Crippen LogP contribution is -2.45. The van der Waals surface area contributed by atoms with Crippen LogP contribution in [0.5, 0.6) is 0 Å². The van der Waals surface area contributed by atoms with Crippen molar-refractivity contribution in [3.05, 3.63) is 108 Å². The number of carbonyl (C=O) groups excluding carboxylic acids is 3. The highest BCUT2D eigenvalue weighted by atomic mass is 35.5. The van der Waals surface area contributed by atoms with E-state index in [0.717, 1.165) is 69.1 Å². The minimum atomic E-state index is -0.523. The molecule has 3 aliphatic heterocycles. The number of nitrogens with one attached hydrogen (secondary N) is 2. The number of halogens is 1. The molecule has 6 saturated carbocycles. The summed E-state index contributed by atoms with van der Waals surface area (Å²) < 4.78 is 11.4. The number of nitrogens with zero attached hydrogens (tertiary/aromatic N) is 4. The quantitative estimate of drug-likeness (QED) is 0.128. The van der Waals surface area contributed by atoms with E-state index in [1.54, 1.807) is 4.90 Å². The van der Waals surface area contributed by atoms with E-state index < -0.39 is 11.2 Å². The predicted octanol–water partition coefficient (Wildman–Crippen LogP) is 13.4. The van der Waals surface area contributed by atoms with Crippen molar-refractivity contribution < 1.29 is 23.9 Å². The lowest BCUT2D eigenvalue weighted by molar-refractivity contribution is -0.112. The minimum Gasteiger partial charge on any atom is -0.444 e. The zero-order valence-corrected chi connectivity index (χ0v) is 50.8. The first-order chi connectivity index (χ1) is 37.2. The molecule has 12 heteroatoms. The Morgan fingerprint density at radius 3 is 1.41 bits per heavy atom. The van der Waals surface area contributed by atoms with Gasteiger partial charge in [-0.1, -0.05) is 91.0 Å². The Balaban J connectivity index is 0.000000148. The summed E-state index contributed by atoms with van der Waals surface area (Å²) in [7, 11) is 0. The van der Waals surface area contributed by atoms with Crippen LogP contribution in [0.15, 0.2) is 91.0 Å². The van der Waals surface area contributed by atoms with Gasteiger partial charge >= 0.3 is 12.2 Å². The zero-order chi connectivity index (χ0) is 55.3. The maximum Gasteiger partial charge on any atom is 0.410 e. The largest absolute Gasteiger partial charge is 0.444 e. The van der Waals surface area contributed by atoms with Crippen molar-refractivity contribution in [2.45, 2.75) is 224 Å². The van der Waals surface area contributed by atoms with Crippen LogP contribution in [0.3, 0.4) is 0 Å². The Labute approximate surface area is 482 Å². The molecule has 3 aromatic carbocycles. The second-order valence-electron chi connectivity index (χ2n) is 28.0. The first-order valence-electron chi connectivity index (χ1n) is 30.8. The van der Waals surface area contributed by atoms with Crippen molar-refractivity contribution in [1.29, 1.82) is 0 Å². The molecule has 12 rings (SSSR count). The van der Waals surface area contributed by atoms with Gasteiger partial charge in [0.2, 0.25) is 0 Å². The molecule has 0 spiro atoms. The van der Waals surface area contributed by atoms with E-state index in [-0.39, 0.29) is 47.5 Å². The fourth-order valence-corrected chi connectivity index (χ4v) is 12.7. The maximum atomic E-state index is 13.1. The van der Waals surface area contributed by atoms with E-state index in [2.05, 4.69) is 119 Å². The van der Waals surface area contributed by atoms with Crippen molar-refractivity contribution in [2.24, 2.45) is 16.2 Å². The van der Waals surface area contributed by atoms with Crippen LogP contribution in [0.25, 0.3) is 0 Å². The molecular weight excluding hydrogens is 1000 g/mol. The van der Waals surface area contributed by atoms with Crippen molar-refractivity contribution in [3.63, 3.8) is 0 Å². The zero-order valence-electron chi connectivity index (χ0n) is 49.9. The van der Waals surface area contributed by atoms with Gasteiger partial charge in [0.1, 0.15) is 17.5 Å². The molecule has 0 radical (unpaired) electrons. The van der Waals surface area contributed by atoms with Crippen LogP contribution in [0, 0.1) is 16.2 Å². The number of ether oxygens (including phenoxy) is 2. The summed E-state index contributed by atoms with van der Waals surface area (Å²) in [6.07, 6.45) is 19.2. The van der Waals surface area contributed by atoms with Gasteiger partial charge in [-0.25, -0.2) is 9.59 Å². The van der Waals surface area contributed by atoms with E-state index in [1.807, 2.05) is 59.7 Å². The van der Waals surface area contributed by atoms with Gasteiger partial charge in [-0.15, -0.1) is 12.4 Å². The van der Waals surface area contributed by atoms with Crippen molar-refractivity contribution in [2.75, 3.05) is 52.4 Å². The van der Waals surface area contributed by atoms with Crippen LogP contribution in [0.1, 0.15) is 193 Å². The lowest BCUT2D eigenvalue weighted by Gasteiger charge is -2.33. The molecule has 2 N–H and O–H groups in total. The number of benzene rings is 3. The average Bonchev–Trinajstić information content (AvgIpc) is 4.28. The summed E-state index contributed by atoms with van der Waals surface area (Å²) in [6, 6.07) is 35.4. The number of rotatable bonds is 17. The Bertz CT molecular complexity index is 2400. The van der Waals surface area contributed by atoms with Crippen molar-refractivity contribution in [1.82, 2.24) is 30.2 Å². The van der Waals surface area contributed by atoms with Crippen LogP contribution in [0.2, 0.25) is 0 Å². The molecule has 2 amide bonds. The van der Waals surface area contributed by atoms with Crippen LogP contribution in [-0.2, 0) is 14.3 Å². The number of hydrogen-bond acceptors (Lipinski definition) is 9. The maximum absolute atomic E-state index is 13.1. The van der Waals surface area contributed by atoms with Gasteiger partial charge in [-0.05, 0) is 200 Å². The SMILES string of the molecule is CC(C)(C)OC(=O)N(CC1(C=O)CC1)C1C[C@@H]1c1ccccc1.C[C@@H]1CCCN1.C[C@@H]1CCCN1CC1(CN(C(=O)OC(C)(C)C)C2C[C@@H]2c2ccccc2)CC1.C[C@@H]1CCCN1CC1(CNC2C[C@@H]2c2ccccc2)CC1.Cl. The molecule has 3 unspecified atom stereocenters. The fraction of sp³-hybridized carbons (Fsp3) is 0.687. The number of aldehydes is 1. The van der Waals surface area contributed by atoms with E-state index in [1.165, 1.54) is 120 Å². The second kappa shape index (κ2) is 26.1. The molecule has 0 bridgehead atoms. The summed E-state index contributed by atoms with van der Waals surface area (Å²) in [5.41, 5.74) is 3.70. The summed E-state index contributed by atoms with van der Waals surface area (Å²) in [5.74, 6) is 1.58. The second-order valence-corrected chi connectivity index (χ2v) is 28.0. The van der Waals surface area contributed by atoms with Crippen LogP contribution >= 0.6 is 12.4 Å². The molecule has 11 nitrogen and oxygen atoms in total. The third-order valence-corrected chi connectivity index (χ3v) is 18.6. The van der Waals surface area contributed by atoms with Gasteiger partial charge in [0.15, 0.2) is 0 Å². The van der Waals surface area contributed by atoms with Gasteiger partial charge in [0.05, 0.1) is 0 Å². The Hall–Kier alpha value is -4.00.